The third kappa shape index (κ3) is 22.6. The molecule has 0 fully saturated rings. The first-order chi connectivity index (χ1) is 66.9. The summed E-state index contributed by atoms with van der Waals surface area (Å²) in [5, 5.41) is 25.9. The molecule has 0 radical (unpaired) electrons. The van der Waals surface area contributed by atoms with Crippen molar-refractivity contribution in [2.24, 2.45) is 0 Å². The van der Waals surface area contributed by atoms with Gasteiger partial charge in [0.25, 0.3) is 0 Å². The van der Waals surface area contributed by atoms with Gasteiger partial charge in [0.15, 0.2) is 0 Å². The minimum absolute atomic E-state index is 0.302. The normalized spacial score (nSPS) is 11.6. The lowest BCUT2D eigenvalue weighted by Crippen LogP contribution is -2.29. The van der Waals surface area contributed by atoms with E-state index in [1.54, 1.807) is 12.1 Å². The molecule has 0 saturated carbocycles. The number of allylic oxidation sites excluding steroid dienone is 1. The van der Waals surface area contributed by atoms with E-state index in [1.165, 1.54) is 71.3 Å². The molecule has 0 heterocycles. The van der Waals surface area contributed by atoms with Crippen LogP contribution in [0.3, 0.4) is 0 Å². The summed E-state index contributed by atoms with van der Waals surface area (Å²) in [6.07, 6.45) is 5.65. The summed E-state index contributed by atoms with van der Waals surface area (Å²) in [7, 11) is -1.45. The van der Waals surface area contributed by atoms with Crippen molar-refractivity contribution >= 4 is 190 Å². The Morgan fingerprint density at radius 1 is 0.221 bits per heavy atom. The van der Waals surface area contributed by atoms with E-state index in [0.29, 0.717) is 11.4 Å². The number of halogens is 3. The fourth-order valence-corrected chi connectivity index (χ4v) is 18.2. The second kappa shape index (κ2) is 44.3. The molecule has 21 aromatic rings. The Hall–Kier alpha value is -15.6. The van der Waals surface area contributed by atoms with Gasteiger partial charge in [-0.15, -0.1) is 0 Å². The molecule has 1 aliphatic carbocycles. The first kappa shape index (κ1) is 90.9. The van der Waals surface area contributed by atoms with Crippen molar-refractivity contribution in [1.82, 2.24) is 0 Å². The van der Waals surface area contributed by atoms with Crippen LogP contribution in [0.25, 0.3) is 60.6 Å². The lowest BCUT2D eigenvalue weighted by atomic mass is 9.80. The SMILES string of the molecule is Brc1ccc2cc(-c3ccc(N(c4ccccc4)c4ccccc4)cc3)ccc2c1.Brc1ccc2cc(Br)ccc2c1.C1=CC(c2ccc(N(c3ccccc3)c3ccccc3)cc2)Cc2ccc(N(c3ccccc3)c3ccc4cc(-c5ccc(N(c6ccccc6)c6ccccc6)cc5)ccc4c3)cc21.Nc1ccccc1.OB(O)c1ccc(N(c2ccccc2)c2ccccc2)cc1. The predicted molar refractivity (Wildman–Crippen MR) is 588 cm³/mol. The third-order valence-corrected chi connectivity index (χ3v) is 25.3. The van der Waals surface area contributed by atoms with Gasteiger partial charge in [0.05, 0.1) is 0 Å². The number of rotatable bonds is 19. The smallest absolute Gasteiger partial charge is 0.423 e. The van der Waals surface area contributed by atoms with Gasteiger partial charge in [0.2, 0.25) is 0 Å². The van der Waals surface area contributed by atoms with E-state index in [-0.39, 0.29) is 0 Å². The van der Waals surface area contributed by atoms with Gasteiger partial charge in [-0.3, -0.25) is 0 Å². The quantitative estimate of drug-likeness (QED) is 0.0546. The standard InChI is InChI=1S/C62H47N3.C28H20BrN.C18H16BNO2.C10H6Br2.C6H7N/c1-6-16-54(17-7-1)63(55-18-8-2-9-19-55)59-36-30-46(31-37-59)48-26-28-52-44-61(40-34-50(52)42-48)65(58-24-14-5-15-25-58)62-41-35-51-43-49(27-29-53(51)45-62)47-32-38-60(39-33-47)64(56-20-10-3-11-21-56)57-22-12-4-13-23-57;29-25-16-13-23-19-22(11-12-24(23)20-25)21-14-17-28(18-15-21)30(26-7-3-1-4-8-26)27-9-5-2-6-10-27;21-19(22)15-11-13-18(14-12-15)20(16-7-3-1-4-8-16)17-9-5-2-6-10-17;11-9-3-1-7-5-10(12)4-2-8(7)6-9;7-6-4-2-1-3-5-6/h1-42,44-45,49H,43H2;1-20H;1-14,21-22H;1-6H;1-5H,7H2. The molecule has 1 unspecified atom stereocenters. The summed E-state index contributed by atoms with van der Waals surface area (Å²) < 4.78 is 3.35. The number of para-hydroxylation sites is 10. The zero-order chi connectivity index (χ0) is 92.7. The van der Waals surface area contributed by atoms with Crippen LogP contribution in [0.5, 0.6) is 0 Å². The Bertz CT molecular complexity index is 7290. The van der Waals surface area contributed by atoms with E-state index in [2.05, 4.69) is 485 Å². The molecule has 0 aliphatic heterocycles. The van der Waals surface area contributed by atoms with Crippen molar-refractivity contribution in [3.05, 3.63) is 564 Å². The first-order valence-electron chi connectivity index (χ1n) is 45.3. The van der Waals surface area contributed by atoms with Crippen LogP contribution in [0.15, 0.2) is 547 Å². The average Bonchev–Trinajstić information content (AvgIpc) is 0.772. The Morgan fingerprint density at radius 3 is 0.765 bits per heavy atom. The van der Waals surface area contributed by atoms with Crippen molar-refractivity contribution in [1.29, 1.82) is 0 Å². The summed E-state index contributed by atoms with van der Waals surface area (Å²) in [5.74, 6) is 0.302. The van der Waals surface area contributed by atoms with Crippen LogP contribution < -0.4 is 35.7 Å². The highest BCUT2D eigenvalue weighted by molar-refractivity contribution is 9.11. The monoisotopic (exact) mass is 1950 g/mol. The first-order valence-corrected chi connectivity index (χ1v) is 47.7. The topological polar surface area (TPSA) is 82.7 Å². The van der Waals surface area contributed by atoms with Crippen molar-refractivity contribution in [3.8, 4) is 22.3 Å². The van der Waals surface area contributed by atoms with E-state index in [1.807, 2.05) is 115 Å². The highest BCUT2D eigenvalue weighted by Gasteiger charge is 2.23. The molecule has 1 aliphatic rings. The molecular weight excluding hydrogens is 1860 g/mol. The molecule has 0 amide bonds. The molecule has 22 rings (SSSR count). The largest absolute Gasteiger partial charge is 0.488 e. The molecule has 0 saturated heterocycles. The minimum atomic E-state index is -1.45. The lowest BCUT2D eigenvalue weighted by molar-refractivity contribution is 0.426. The van der Waals surface area contributed by atoms with E-state index in [4.69, 9.17) is 5.73 Å². The number of benzene rings is 21. The van der Waals surface area contributed by atoms with Gasteiger partial charge in [0, 0.05) is 110 Å². The Labute approximate surface area is 821 Å². The maximum absolute atomic E-state index is 9.23. The van der Waals surface area contributed by atoms with Gasteiger partial charge in [-0.1, -0.05) is 345 Å². The molecule has 4 N–H and O–H groups in total. The second-order valence-corrected chi connectivity index (χ2v) is 35.6. The van der Waals surface area contributed by atoms with Crippen LogP contribution >= 0.6 is 47.8 Å². The van der Waals surface area contributed by atoms with Gasteiger partial charge in [0.1, 0.15) is 0 Å². The van der Waals surface area contributed by atoms with Gasteiger partial charge in [-0.2, -0.15) is 0 Å². The van der Waals surface area contributed by atoms with Gasteiger partial charge in [-0.25, -0.2) is 0 Å². The number of nitrogen functional groups attached to an aromatic ring is 1. The molecule has 21 aromatic carbocycles. The summed E-state index contributed by atoms with van der Waals surface area (Å²) in [5.41, 5.74) is 32.1. The molecule has 0 spiro atoms. The zero-order valence-electron chi connectivity index (χ0n) is 74.6. The molecule has 0 aromatic heterocycles. The fraction of sp³-hybridized carbons (Fsp3) is 0.0161. The lowest BCUT2D eigenvalue weighted by Gasteiger charge is -2.28. The summed E-state index contributed by atoms with van der Waals surface area (Å²) in [4.78, 5) is 11.4. The van der Waals surface area contributed by atoms with E-state index < -0.39 is 7.12 Å². The van der Waals surface area contributed by atoms with Crippen LogP contribution in [0.1, 0.15) is 22.6 Å². The van der Waals surface area contributed by atoms with E-state index in [9.17, 15) is 10.0 Å². The van der Waals surface area contributed by atoms with Crippen LogP contribution in [0.4, 0.5) is 91.0 Å². The van der Waals surface area contributed by atoms with Gasteiger partial charge < -0.3 is 40.3 Å². The Kier molecular flexibility index (Phi) is 29.6. The highest BCUT2D eigenvalue weighted by atomic mass is 79.9. The molecule has 658 valence electrons. The number of anilines is 16. The zero-order valence-corrected chi connectivity index (χ0v) is 79.3. The predicted octanol–water partition coefficient (Wildman–Crippen LogP) is 34.5. The number of nitrogens with zero attached hydrogens (tertiary/aromatic N) is 5. The van der Waals surface area contributed by atoms with E-state index >= 15 is 0 Å². The highest BCUT2D eigenvalue weighted by Crippen LogP contribution is 2.45. The van der Waals surface area contributed by atoms with Crippen LogP contribution in [-0.4, -0.2) is 17.2 Å². The van der Waals surface area contributed by atoms with Gasteiger partial charge in [-0.05, 0) is 326 Å². The Morgan fingerprint density at radius 2 is 0.456 bits per heavy atom. The average molecular weight is 1950 g/mol. The van der Waals surface area contributed by atoms with Crippen LogP contribution in [0, 0.1) is 0 Å². The van der Waals surface area contributed by atoms with Crippen LogP contribution in [-0.2, 0) is 6.42 Å². The molecule has 136 heavy (non-hydrogen) atoms. The maximum Gasteiger partial charge on any atom is 0.488 e. The number of hydrogen-bond donors (Lipinski definition) is 3. The maximum atomic E-state index is 9.23. The molecule has 1 atom stereocenters. The second-order valence-electron chi connectivity index (χ2n) is 32.9. The number of nitrogens with two attached hydrogens (primary N) is 1. The number of fused-ring (bicyclic) bond motifs is 4. The van der Waals surface area contributed by atoms with Crippen molar-refractivity contribution < 1.29 is 10.0 Å². The molecule has 8 nitrogen and oxygen atoms in total. The van der Waals surface area contributed by atoms with Crippen molar-refractivity contribution in [2.45, 2.75) is 12.3 Å². The summed E-state index contributed by atoms with van der Waals surface area (Å²) >= 11 is 10.4. The summed E-state index contributed by atoms with van der Waals surface area (Å²) in [6, 6.07) is 184. The summed E-state index contributed by atoms with van der Waals surface area (Å²) in [6.45, 7) is 0. The molecule has 12 heteroatoms. The third-order valence-electron chi connectivity index (χ3n) is 23.9. The number of hydrogen-bond acceptors (Lipinski definition) is 8. The van der Waals surface area contributed by atoms with Gasteiger partial charge >= 0.3 is 7.12 Å². The molecular formula is C124H96BBr3N6O2. The fourth-order valence-electron chi connectivity index (χ4n) is 17.1. The van der Waals surface area contributed by atoms with Crippen molar-refractivity contribution in [2.75, 3.05) is 30.2 Å². The molecule has 0 bridgehead atoms. The van der Waals surface area contributed by atoms with Crippen LogP contribution in [0.2, 0.25) is 0 Å². The Balaban J connectivity index is 0.000000141. The van der Waals surface area contributed by atoms with E-state index in [0.717, 1.165) is 111 Å². The van der Waals surface area contributed by atoms with Crippen molar-refractivity contribution in [3.63, 3.8) is 0 Å². The minimum Gasteiger partial charge on any atom is -0.423 e.